The number of ether oxygens (including phenoxy) is 1. The average molecular weight is 276 g/mol. The van der Waals surface area contributed by atoms with Gasteiger partial charge < -0.3 is 10.1 Å². The number of hydrogen-bond acceptors (Lipinski definition) is 4. The number of piperidine rings is 1. The van der Waals surface area contributed by atoms with Crippen LogP contribution in [0.2, 0.25) is 0 Å². The molecular weight excluding hydrogens is 258 g/mol. The Bertz CT molecular complexity index is 347. The van der Waals surface area contributed by atoms with Gasteiger partial charge in [-0.05, 0) is 54.7 Å². The van der Waals surface area contributed by atoms with Crippen molar-refractivity contribution in [3.05, 3.63) is 22.4 Å². The zero-order chi connectivity index (χ0) is 11.4. The zero-order valence-corrected chi connectivity index (χ0v) is 11.5. The lowest BCUT2D eigenvalue weighted by Gasteiger charge is -2.34. The highest BCUT2D eigenvalue weighted by molar-refractivity contribution is 7.07. The number of rotatable bonds is 3. The van der Waals surface area contributed by atoms with E-state index in [1.54, 1.807) is 11.3 Å². The standard InChI is InChI=1S/C12H17NO2S.ClH/c1-15-11(14)12(3-5-13-6-4-12)8-10-2-7-16-9-10;/h2,7,9,13H,3-6,8H2,1H3;1H. The lowest BCUT2D eigenvalue weighted by molar-refractivity contribution is -0.154. The Morgan fingerprint density at radius 1 is 1.53 bits per heavy atom. The second-order valence-corrected chi connectivity index (χ2v) is 5.11. The highest BCUT2D eigenvalue weighted by Crippen LogP contribution is 2.34. The van der Waals surface area contributed by atoms with E-state index in [1.807, 2.05) is 0 Å². The van der Waals surface area contributed by atoms with Crippen molar-refractivity contribution in [2.75, 3.05) is 20.2 Å². The van der Waals surface area contributed by atoms with E-state index in [0.717, 1.165) is 32.4 Å². The van der Waals surface area contributed by atoms with Crippen LogP contribution in [0.3, 0.4) is 0 Å². The number of halogens is 1. The maximum absolute atomic E-state index is 12.0. The van der Waals surface area contributed by atoms with Gasteiger partial charge in [0.1, 0.15) is 0 Å². The van der Waals surface area contributed by atoms with Gasteiger partial charge in [-0.1, -0.05) is 0 Å². The molecule has 0 radical (unpaired) electrons. The van der Waals surface area contributed by atoms with Crippen LogP contribution >= 0.6 is 23.7 Å². The second kappa shape index (κ2) is 6.38. The quantitative estimate of drug-likeness (QED) is 0.860. The van der Waals surface area contributed by atoms with Gasteiger partial charge in [0.25, 0.3) is 0 Å². The van der Waals surface area contributed by atoms with Crippen LogP contribution in [0.4, 0.5) is 0 Å². The van der Waals surface area contributed by atoms with Gasteiger partial charge in [0.15, 0.2) is 0 Å². The zero-order valence-electron chi connectivity index (χ0n) is 9.90. The Balaban J connectivity index is 0.00000144. The fourth-order valence-corrected chi connectivity index (χ4v) is 3.03. The van der Waals surface area contributed by atoms with Crippen LogP contribution in [0.25, 0.3) is 0 Å². The van der Waals surface area contributed by atoms with Gasteiger partial charge in [-0.25, -0.2) is 0 Å². The van der Waals surface area contributed by atoms with E-state index in [2.05, 4.69) is 22.1 Å². The Kier molecular flexibility index (Phi) is 5.43. The van der Waals surface area contributed by atoms with Crippen molar-refractivity contribution in [3.63, 3.8) is 0 Å². The maximum atomic E-state index is 12.0. The van der Waals surface area contributed by atoms with Crippen molar-refractivity contribution in [3.8, 4) is 0 Å². The molecule has 1 aromatic heterocycles. The summed E-state index contributed by atoms with van der Waals surface area (Å²) in [6.07, 6.45) is 2.55. The van der Waals surface area contributed by atoms with E-state index >= 15 is 0 Å². The van der Waals surface area contributed by atoms with E-state index in [4.69, 9.17) is 4.74 Å². The number of nitrogens with one attached hydrogen (secondary N) is 1. The molecule has 0 aliphatic carbocycles. The summed E-state index contributed by atoms with van der Waals surface area (Å²) >= 11 is 1.68. The first kappa shape index (κ1) is 14.5. The highest BCUT2D eigenvalue weighted by Gasteiger charge is 2.40. The highest BCUT2D eigenvalue weighted by atomic mass is 35.5. The molecule has 0 aromatic carbocycles. The molecule has 96 valence electrons. The van der Waals surface area contributed by atoms with E-state index in [-0.39, 0.29) is 23.8 Å². The smallest absolute Gasteiger partial charge is 0.312 e. The van der Waals surface area contributed by atoms with Gasteiger partial charge >= 0.3 is 5.97 Å². The van der Waals surface area contributed by atoms with Gasteiger partial charge in [-0.3, -0.25) is 4.79 Å². The van der Waals surface area contributed by atoms with Crippen LogP contribution in [-0.2, 0) is 16.0 Å². The minimum absolute atomic E-state index is 0. The number of methoxy groups -OCH3 is 1. The number of esters is 1. The van der Waals surface area contributed by atoms with Crippen LogP contribution in [-0.4, -0.2) is 26.2 Å². The summed E-state index contributed by atoms with van der Waals surface area (Å²) in [5.74, 6) is -0.0554. The fraction of sp³-hybridized carbons (Fsp3) is 0.583. The second-order valence-electron chi connectivity index (χ2n) is 4.33. The lowest BCUT2D eigenvalue weighted by Crippen LogP contribution is -2.44. The van der Waals surface area contributed by atoms with Crippen LogP contribution in [0, 0.1) is 5.41 Å². The summed E-state index contributed by atoms with van der Waals surface area (Å²) in [5, 5.41) is 7.47. The van der Waals surface area contributed by atoms with Crippen molar-refractivity contribution < 1.29 is 9.53 Å². The number of carbonyl (C=O) groups excluding carboxylic acids is 1. The third-order valence-electron chi connectivity index (χ3n) is 3.30. The summed E-state index contributed by atoms with van der Waals surface area (Å²) in [6, 6.07) is 2.09. The monoisotopic (exact) mass is 275 g/mol. The fourth-order valence-electron chi connectivity index (χ4n) is 2.36. The van der Waals surface area contributed by atoms with Crippen LogP contribution < -0.4 is 5.32 Å². The average Bonchev–Trinajstić information content (AvgIpc) is 2.82. The lowest BCUT2D eigenvalue weighted by atomic mass is 9.74. The van der Waals surface area contributed by atoms with E-state index in [0.29, 0.717) is 0 Å². The molecule has 0 saturated carbocycles. The van der Waals surface area contributed by atoms with E-state index in [9.17, 15) is 4.79 Å². The first-order chi connectivity index (χ1) is 7.77. The summed E-state index contributed by atoms with van der Waals surface area (Å²) in [7, 11) is 1.49. The molecule has 1 aromatic rings. The van der Waals surface area contributed by atoms with Gasteiger partial charge in [-0.15, -0.1) is 12.4 Å². The molecule has 1 aliphatic heterocycles. The molecule has 0 atom stereocenters. The molecule has 0 spiro atoms. The van der Waals surface area contributed by atoms with Crippen molar-refractivity contribution in [1.29, 1.82) is 0 Å². The summed E-state index contributed by atoms with van der Waals surface area (Å²) in [6.45, 7) is 1.80. The Labute approximate surface area is 112 Å². The predicted octanol–water partition coefficient (Wildman–Crippen LogP) is 2.26. The summed E-state index contributed by atoms with van der Waals surface area (Å²) in [5.41, 5.74) is 0.943. The molecule has 0 bridgehead atoms. The molecule has 0 unspecified atom stereocenters. The molecule has 3 nitrogen and oxygen atoms in total. The third kappa shape index (κ3) is 3.21. The molecule has 1 fully saturated rings. The normalized spacial score (nSPS) is 18.2. The van der Waals surface area contributed by atoms with Gasteiger partial charge in [0.2, 0.25) is 0 Å². The Hall–Kier alpha value is -0.580. The Morgan fingerprint density at radius 2 is 2.24 bits per heavy atom. The van der Waals surface area contributed by atoms with Gasteiger partial charge in [0, 0.05) is 0 Å². The van der Waals surface area contributed by atoms with Crippen LogP contribution in [0.5, 0.6) is 0 Å². The van der Waals surface area contributed by atoms with Gasteiger partial charge in [0.05, 0.1) is 12.5 Å². The van der Waals surface area contributed by atoms with Crippen molar-refractivity contribution in [2.24, 2.45) is 5.41 Å². The Morgan fingerprint density at radius 3 is 2.76 bits per heavy atom. The molecule has 2 rings (SSSR count). The van der Waals surface area contributed by atoms with Crippen molar-refractivity contribution >= 4 is 29.7 Å². The molecule has 17 heavy (non-hydrogen) atoms. The molecule has 5 heteroatoms. The number of hydrogen-bond donors (Lipinski definition) is 1. The summed E-state index contributed by atoms with van der Waals surface area (Å²) < 4.78 is 4.98. The van der Waals surface area contributed by atoms with Crippen molar-refractivity contribution in [2.45, 2.75) is 19.3 Å². The molecule has 1 saturated heterocycles. The first-order valence-electron chi connectivity index (χ1n) is 5.57. The molecule has 1 aliphatic rings. The molecule has 1 N–H and O–H groups in total. The topological polar surface area (TPSA) is 38.3 Å². The number of thiophene rings is 1. The van der Waals surface area contributed by atoms with Gasteiger partial charge in [-0.2, -0.15) is 11.3 Å². The summed E-state index contributed by atoms with van der Waals surface area (Å²) in [4.78, 5) is 12.0. The third-order valence-corrected chi connectivity index (χ3v) is 4.03. The van der Waals surface area contributed by atoms with Crippen LogP contribution in [0.15, 0.2) is 16.8 Å². The van der Waals surface area contributed by atoms with Crippen molar-refractivity contribution in [1.82, 2.24) is 5.32 Å². The largest absolute Gasteiger partial charge is 0.469 e. The molecule has 2 heterocycles. The maximum Gasteiger partial charge on any atom is 0.312 e. The van der Waals surface area contributed by atoms with E-state index < -0.39 is 0 Å². The molecule has 0 amide bonds. The van der Waals surface area contributed by atoms with Crippen LogP contribution in [0.1, 0.15) is 18.4 Å². The molecular formula is C12H18ClNO2S. The minimum atomic E-state index is -0.304. The van der Waals surface area contributed by atoms with E-state index in [1.165, 1.54) is 12.7 Å². The minimum Gasteiger partial charge on any atom is -0.469 e. The predicted molar refractivity (Wildman–Crippen MR) is 71.8 cm³/mol. The first-order valence-corrected chi connectivity index (χ1v) is 6.51. The number of carbonyl (C=O) groups is 1. The SMILES string of the molecule is COC(=O)C1(Cc2ccsc2)CCNCC1.Cl.